The molecule has 3 rings (SSSR count). The Morgan fingerprint density at radius 2 is 2.23 bits per heavy atom. The van der Waals surface area contributed by atoms with Crippen LogP contribution in [0.4, 0.5) is 5.69 Å². The molecule has 1 N–H and O–H groups in total. The SMILES string of the molecule is Cc1cccc(N(CC(=O)N2CCC[C@@H](c3ncc[nH]3)C2)S(C)(=O)=O)c1. The molecule has 1 aromatic carbocycles. The number of likely N-dealkylation sites (tertiary alicyclic amines) is 1. The lowest BCUT2D eigenvalue weighted by Gasteiger charge is -2.33. The lowest BCUT2D eigenvalue weighted by Crippen LogP contribution is -2.46. The van der Waals surface area contributed by atoms with Gasteiger partial charge in [-0.3, -0.25) is 9.10 Å². The zero-order valence-corrected chi connectivity index (χ0v) is 15.9. The quantitative estimate of drug-likeness (QED) is 0.863. The Morgan fingerprint density at radius 1 is 1.42 bits per heavy atom. The summed E-state index contributed by atoms with van der Waals surface area (Å²) in [5.41, 5.74) is 1.46. The molecule has 1 saturated heterocycles. The molecule has 0 unspecified atom stereocenters. The van der Waals surface area contributed by atoms with E-state index in [0.717, 1.165) is 30.5 Å². The Kier molecular flexibility index (Phi) is 5.31. The number of nitrogens with one attached hydrogen (secondary N) is 1. The van der Waals surface area contributed by atoms with Gasteiger partial charge in [-0.2, -0.15) is 0 Å². The Hall–Kier alpha value is -2.35. The van der Waals surface area contributed by atoms with Gasteiger partial charge < -0.3 is 9.88 Å². The molecule has 8 heteroatoms. The van der Waals surface area contributed by atoms with Gasteiger partial charge in [-0.1, -0.05) is 12.1 Å². The van der Waals surface area contributed by atoms with Crippen LogP contribution in [-0.4, -0.2) is 55.1 Å². The fraction of sp³-hybridized carbons (Fsp3) is 0.444. The summed E-state index contributed by atoms with van der Waals surface area (Å²) < 4.78 is 25.7. The summed E-state index contributed by atoms with van der Waals surface area (Å²) in [7, 11) is -3.56. The minimum Gasteiger partial charge on any atom is -0.348 e. The zero-order valence-electron chi connectivity index (χ0n) is 15.1. The van der Waals surface area contributed by atoms with E-state index in [9.17, 15) is 13.2 Å². The lowest BCUT2D eigenvalue weighted by molar-refractivity contribution is -0.130. The largest absolute Gasteiger partial charge is 0.348 e. The topological polar surface area (TPSA) is 86.4 Å². The van der Waals surface area contributed by atoms with Gasteiger partial charge in [0.05, 0.1) is 11.9 Å². The van der Waals surface area contributed by atoms with Gasteiger partial charge in [0.2, 0.25) is 15.9 Å². The van der Waals surface area contributed by atoms with Crippen molar-refractivity contribution in [1.29, 1.82) is 0 Å². The predicted molar refractivity (Wildman–Crippen MR) is 101 cm³/mol. The van der Waals surface area contributed by atoms with Crippen LogP contribution in [-0.2, 0) is 14.8 Å². The normalized spacial score (nSPS) is 17.9. The Labute approximate surface area is 154 Å². The molecule has 0 radical (unpaired) electrons. The number of nitrogens with zero attached hydrogens (tertiary/aromatic N) is 3. The maximum atomic E-state index is 12.8. The predicted octanol–water partition coefficient (Wildman–Crippen LogP) is 1.89. The van der Waals surface area contributed by atoms with Crippen LogP contribution >= 0.6 is 0 Å². The number of aryl methyl sites for hydroxylation is 1. The average molecular weight is 376 g/mol. The van der Waals surface area contributed by atoms with Crippen LogP contribution in [0.25, 0.3) is 0 Å². The van der Waals surface area contributed by atoms with Crippen LogP contribution in [0.15, 0.2) is 36.7 Å². The number of amides is 1. The maximum absolute atomic E-state index is 12.8. The number of anilines is 1. The first kappa shape index (κ1) is 18.4. The van der Waals surface area contributed by atoms with Gasteiger partial charge in [0.1, 0.15) is 12.4 Å². The number of aromatic amines is 1. The second-order valence-electron chi connectivity index (χ2n) is 6.76. The fourth-order valence-corrected chi connectivity index (χ4v) is 4.18. The summed E-state index contributed by atoms with van der Waals surface area (Å²) >= 11 is 0. The molecule has 140 valence electrons. The third kappa shape index (κ3) is 4.24. The third-order valence-corrected chi connectivity index (χ3v) is 5.79. The van der Waals surface area contributed by atoms with Crippen LogP contribution in [0.2, 0.25) is 0 Å². The number of benzene rings is 1. The Bertz CT molecular complexity index is 864. The van der Waals surface area contributed by atoms with E-state index in [4.69, 9.17) is 0 Å². The molecule has 1 atom stereocenters. The number of carbonyl (C=O) groups is 1. The van der Waals surface area contributed by atoms with E-state index in [1.807, 2.05) is 13.0 Å². The number of piperidine rings is 1. The molecular formula is C18H24N4O3S. The number of aromatic nitrogens is 2. The van der Waals surface area contributed by atoms with Gasteiger partial charge in [-0.05, 0) is 37.5 Å². The molecule has 2 heterocycles. The highest BCUT2D eigenvalue weighted by atomic mass is 32.2. The van der Waals surface area contributed by atoms with Crippen molar-refractivity contribution in [2.75, 3.05) is 30.2 Å². The minimum atomic E-state index is -3.56. The maximum Gasteiger partial charge on any atom is 0.243 e. The molecule has 0 aliphatic carbocycles. The summed E-state index contributed by atoms with van der Waals surface area (Å²) in [6, 6.07) is 7.17. The van der Waals surface area contributed by atoms with Gasteiger partial charge in [0, 0.05) is 31.4 Å². The number of hydrogen-bond donors (Lipinski definition) is 1. The summed E-state index contributed by atoms with van der Waals surface area (Å²) in [5, 5.41) is 0. The van der Waals surface area contributed by atoms with Crippen molar-refractivity contribution >= 4 is 21.6 Å². The van der Waals surface area contributed by atoms with Gasteiger partial charge in [0.25, 0.3) is 0 Å². The lowest BCUT2D eigenvalue weighted by atomic mass is 9.97. The van der Waals surface area contributed by atoms with E-state index in [2.05, 4.69) is 9.97 Å². The second kappa shape index (κ2) is 7.49. The summed E-state index contributed by atoms with van der Waals surface area (Å²) in [6.45, 7) is 2.90. The van der Waals surface area contributed by atoms with Crippen LogP contribution in [0, 0.1) is 6.92 Å². The second-order valence-corrected chi connectivity index (χ2v) is 8.67. The first-order valence-corrected chi connectivity index (χ1v) is 10.5. The Balaban J connectivity index is 1.75. The number of carbonyl (C=O) groups excluding carboxylic acids is 1. The first-order chi connectivity index (χ1) is 12.3. The molecule has 1 aliphatic heterocycles. The van der Waals surface area contributed by atoms with Crippen molar-refractivity contribution in [2.45, 2.75) is 25.7 Å². The molecule has 1 fully saturated rings. The Morgan fingerprint density at radius 3 is 2.88 bits per heavy atom. The average Bonchev–Trinajstić information content (AvgIpc) is 3.13. The highest BCUT2D eigenvalue weighted by Gasteiger charge is 2.29. The molecule has 0 saturated carbocycles. The molecule has 2 aromatic rings. The van der Waals surface area contributed by atoms with Crippen molar-refractivity contribution in [3.63, 3.8) is 0 Å². The monoisotopic (exact) mass is 376 g/mol. The van der Waals surface area contributed by atoms with Crippen LogP contribution in [0.3, 0.4) is 0 Å². The van der Waals surface area contributed by atoms with Gasteiger partial charge in [-0.25, -0.2) is 13.4 Å². The van der Waals surface area contributed by atoms with Crippen LogP contribution in [0.5, 0.6) is 0 Å². The molecule has 1 aliphatic rings. The van der Waals surface area contributed by atoms with Crippen molar-refractivity contribution < 1.29 is 13.2 Å². The highest BCUT2D eigenvalue weighted by molar-refractivity contribution is 7.92. The number of sulfonamides is 1. The molecular weight excluding hydrogens is 352 g/mol. The molecule has 7 nitrogen and oxygen atoms in total. The number of rotatable bonds is 5. The number of H-pyrrole nitrogens is 1. The van der Waals surface area contributed by atoms with Crippen molar-refractivity contribution in [2.24, 2.45) is 0 Å². The van der Waals surface area contributed by atoms with E-state index in [0.29, 0.717) is 18.8 Å². The smallest absolute Gasteiger partial charge is 0.243 e. The van der Waals surface area contributed by atoms with E-state index in [1.165, 1.54) is 4.31 Å². The van der Waals surface area contributed by atoms with E-state index >= 15 is 0 Å². The number of hydrogen-bond acceptors (Lipinski definition) is 4. The standard InChI is InChI=1S/C18H24N4O3S/c1-14-5-3-7-16(11-14)22(26(2,24)25)13-17(23)21-10-4-6-15(12-21)18-19-8-9-20-18/h3,5,7-9,11,15H,4,6,10,12-13H2,1-2H3,(H,19,20)/t15-/m1/s1. The van der Waals surface area contributed by atoms with E-state index in [1.54, 1.807) is 35.5 Å². The van der Waals surface area contributed by atoms with Gasteiger partial charge in [-0.15, -0.1) is 0 Å². The minimum absolute atomic E-state index is 0.161. The van der Waals surface area contributed by atoms with E-state index < -0.39 is 10.0 Å². The molecule has 0 spiro atoms. The molecule has 1 aromatic heterocycles. The van der Waals surface area contributed by atoms with Crippen LogP contribution < -0.4 is 4.31 Å². The van der Waals surface area contributed by atoms with Crippen molar-refractivity contribution in [3.8, 4) is 0 Å². The molecule has 0 bridgehead atoms. The summed E-state index contributed by atoms with van der Waals surface area (Å²) in [5.74, 6) is 0.850. The third-order valence-electron chi connectivity index (χ3n) is 4.65. The van der Waals surface area contributed by atoms with Crippen LogP contribution in [0.1, 0.15) is 30.1 Å². The first-order valence-electron chi connectivity index (χ1n) is 8.66. The molecule has 26 heavy (non-hydrogen) atoms. The van der Waals surface area contributed by atoms with Gasteiger partial charge in [0.15, 0.2) is 0 Å². The number of imidazole rings is 1. The van der Waals surface area contributed by atoms with Gasteiger partial charge >= 0.3 is 0 Å². The molecule has 1 amide bonds. The summed E-state index contributed by atoms with van der Waals surface area (Å²) in [6.07, 6.45) is 6.45. The fourth-order valence-electron chi connectivity index (χ4n) is 3.33. The zero-order chi connectivity index (χ0) is 18.7. The van der Waals surface area contributed by atoms with Crippen molar-refractivity contribution in [1.82, 2.24) is 14.9 Å². The van der Waals surface area contributed by atoms with Crippen molar-refractivity contribution in [3.05, 3.63) is 48.0 Å². The summed E-state index contributed by atoms with van der Waals surface area (Å²) in [4.78, 5) is 22.0. The highest BCUT2D eigenvalue weighted by Crippen LogP contribution is 2.25. The van der Waals surface area contributed by atoms with E-state index in [-0.39, 0.29) is 18.4 Å².